The second-order valence-electron chi connectivity index (χ2n) is 1.56. The molecule has 1 rings (SSSR count). The molecule has 1 heterocycles. The minimum Gasteiger partial charge on any atom is -0.393 e. The number of halogens is 3. The van der Waals surface area contributed by atoms with Gasteiger partial charge in [0, 0.05) is 0 Å². The van der Waals surface area contributed by atoms with Gasteiger partial charge in [-0.25, -0.2) is 9.97 Å². The van der Waals surface area contributed by atoms with Crippen molar-refractivity contribution in [2.45, 2.75) is 0 Å². The van der Waals surface area contributed by atoms with Gasteiger partial charge >= 0.3 is 0 Å². The fraction of sp³-hybridized carbons (Fsp3) is 0. The lowest BCUT2D eigenvalue weighted by Gasteiger charge is -1.98. The van der Waals surface area contributed by atoms with E-state index in [1.807, 2.05) is 0 Å². The summed E-state index contributed by atoms with van der Waals surface area (Å²) in [6, 6.07) is 0. The fourth-order valence-corrected chi connectivity index (χ4v) is 0.424. The number of anilines is 3. The minimum absolute atomic E-state index is 0. The molecule has 0 radical (unpaired) electrons. The predicted octanol–water partition coefficient (Wildman–Crippen LogP) is 0.489. The van der Waals surface area contributed by atoms with Crippen LogP contribution in [0.1, 0.15) is 0 Å². The summed E-state index contributed by atoms with van der Waals surface area (Å²) in [4.78, 5) is 7.20. The molecule has 8 heteroatoms. The number of hydrogen-bond acceptors (Lipinski definition) is 5. The first-order valence-corrected chi connectivity index (χ1v) is 2.33. The summed E-state index contributed by atoms with van der Waals surface area (Å²) < 4.78 is 0. The topological polar surface area (TPSA) is 104 Å². The summed E-state index contributed by atoms with van der Waals surface area (Å²) in [5.41, 5.74) is 16.1. The normalized spacial score (nSPS) is 7.00. The minimum atomic E-state index is 0. The van der Waals surface area contributed by atoms with Crippen molar-refractivity contribution in [3.05, 3.63) is 6.33 Å². The second kappa shape index (κ2) is 7.02. The molecule has 1 aromatic rings. The van der Waals surface area contributed by atoms with Crippen LogP contribution in [0.3, 0.4) is 0 Å². The van der Waals surface area contributed by atoms with Crippen LogP contribution in [0.15, 0.2) is 6.33 Å². The maximum Gasteiger partial charge on any atom is 0.152 e. The Morgan fingerprint density at radius 2 is 1.17 bits per heavy atom. The maximum absolute atomic E-state index is 5.31. The van der Waals surface area contributed by atoms with Gasteiger partial charge in [-0.1, -0.05) is 0 Å². The average molecular weight is 235 g/mol. The van der Waals surface area contributed by atoms with Crippen molar-refractivity contribution >= 4 is 54.5 Å². The van der Waals surface area contributed by atoms with Crippen LogP contribution in [0, 0.1) is 0 Å². The van der Waals surface area contributed by atoms with Crippen LogP contribution in [0.5, 0.6) is 0 Å². The Labute approximate surface area is 88.3 Å². The number of nitrogen functional groups attached to an aromatic ring is 3. The van der Waals surface area contributed by atoms with E-state index in [1.54, 1.807) is 0 Å². The van der Waals surface area contributed by atoms with Crippen molar-refractivity contribution in [3.63, 3.8) is 0 Å². The van der Waals surface area contributed by atoms with E-state index >= 15 is 0 Å². The summed E-state index contributed by atoms with van der Waals surface area (Å²) >= 11 is 0. The highest BCUT2D eigenvalue weighted by molar-refractivity contribution is 5.86. The molecule has 0 saturated carbocycles. The monoisotopic (exact) mass is 233 g/mol. The molecule has 5 nitrogen and oxygen atoms in total. The molecule has 72 valence electrons. The van der Waals surface area contributed by atoms with Crippen LogP contribution >= 0.6 is 37.2 Å². The molecule has 6 N–H and O–H groups in total. The number of hydrogen-bond donors (Lipinski definition) is 3. The van der Waals surface area contributed by atoms with Crippen LogP contribution < -0.4 is 17.2 Å². The molecule has 0 bridgehead atoms. The zero-order valence-electron chi connectivity index (χ0n) is 5.93. The van der Waals surface area contributed by atoms with Crippen molar-refractivity contribution in [2.75, 3.05) is 17.2 Å². The van der Waals surface area contributed by atoms with Gasteiger partial charge in [-0.2, -0.15) is 0 Å². The van der Waals surface area contributed by atoms with Crippen LogP contribution in [0.4, 0.5) is 17.3 Å². The third-order valence-corrected chi connectivity index (χ3v) is 0.946. The lowest BCUT2D eigenvalue weighted by atomic mass is 10.4. The molecule has 0 amide bonds. The van der Waals surface area contributed by atoms with E-state index in [1.165, 1.54) is 6.33 Å². The molecule has 0 spiro atoms. The number of nitrogens with two attached hydrogens (primary N) is 3. The SMILES string of the molecule is Cl.Cl.Cl.Nc1ncnc(N)c1N. The summed E-state index contributed by atoms with van der Waals surface area (Å²) in [6.45, 7) is 0. The highest BCUT2D eigenvalue weighted by Crippen LogP contribution is 2.14. The molecule has 0 aliphatic carbocycles. The Kier molecular flexibility index (Phi) is 10.2. The largest absolute Gasteiger partial charge is 0.393 e. The Morgan fingerprint density at radius 3 is 1.42 bits per heavy atom. The van der Waals surface area contributed by atoms with Gasteiger partial charge in [-0.3, -0.25) is 0 Å². The molecule has 0 aliphatic rings. The molecule has 1 aromatic heterocycles. The van der Waals surface area contributed by atoms with Gasteiger partial charge in [0.25, 0.3) is 0 Å². The third-order valence-electron chi connectivity index (χ3n) is 0.946. The molecular formula is C4H10Cl3N5. The Hall–Kier alpha value is -0.650. The van der Waals surface area contributed by atoms with E-state index in [4.69, 9.17) is 17.2 Å². The molecule has 0 saturated heterocycles. The van der Waals surface area contributed by atoms with Gasteiger partial charge in [-0.05, 0) is 0 Å². The lowest BCUT2D eigenvalue weighted by Crippen LogP contribution is -2.03. The van der Waals surface area contributed by atoms with Crippen molar-refractivity contribution in [2.24, 2.45) is 0 Å². The van der Waals surface area contributed by atoms with Gasteiger partial charge < -0.3 is 17.2 Å². The number of rotatable bonds is 0. The zero-order valence-corrected chi connectivity index (χ0v) is 8.38. The highest BCUT2D eigenvalue weighted by Gasteiger charge is 1.97. The standard InChI is InChI=1S/C4H7N5.3ClH/c5-2-3(6)8-1-9-4(2)7;;;/h1H,5H2,(H4,6,7,8,9);3*1H. The van der Waals surface area contributed by atoms with Crippen molar-refractivity contribution in [1.29, 1.82) is 0 Å². The van der Waals surface area contributed by atoms with E-state index in [2.05, 4.69) is 9.97 Å². The Morgan fingerprint density at radius 1 is 0.833 bits per heavy atom. The Bertz CT molecular complexity index is 210. The summed E-state index contributed by atoms with van der Waals surface area (Å²) in [7, 11) is 0. The quantitative estimate of drug-likeness (QED) is 0.606. The number of aromatic nitrogens is 2. The molecule has 0 fully saturated rings. The van der Waals surface area contributed by atoms with Crippen molar-refractivity contribution in [1.82, 2.24) is 9.97 Å². The Balaban J connectivity index is -0.000000270. The molecule has 0 unspecified atom stereocenters. The van der Waals surface area contributed by atoms with Crippen LogP contribution in [0.2, 0.25) is 0 Å². The van der Waals surface area contributed by atoms with E-state index in [9.17, 15) is 0 Å². The van der Waals surface area contributed by atoms with E-state index in [-0.39, 0.29) is 54.5 Å². The van der Waals surface area contributed by atoms with Gasteiger partial charge in [0.15, 0.2) is 11.6 Å². The molecular weight excluding hydrogens is 224 g/mol. The maximum atomic E-state index is 5.31. The first-order valence-electron chi connectivity index (χ1n) is 2.33. The van der Waals surface area contributed by atoms with Gasteiger partial charge in [0.2, 0.25) is 0 Å². The van der Waals surface area contributed by atoms with Crippen LogP contribution in [0.25, 0.3) is 0 Å². The molecule has 0 aromatic carbocycles. The smallest absolute Gasteiger partial charge is 0.152 e. The van der Waals surface area contributed by atoms with Gasteiger partial charge in [0.05, 0.1) is 0 Å². The van der Waals surface area contributed by atoms with E-state index in [0.29, 0.717) is 0 Å². The lowest BCUT2D eigenvalue weighted by molar-refractivity contribution is 1.19. The van der Waals surface area contributed by atoms with Crippen molar-refractivity contribution in [3.8, 4) is 0 Å². The third kappa shape index (κ3) is 3.66. The van der Waals surface area contributed by atoms with Crippen LogP contribution in [-0.2, 0) is 0 Å². The van der Waals surface area contributed by atoms with E-state index in [0.717, 1.165) is 0 Å². The summed E-state index contributed by atoms with van der Waals surface area (Å²) in [6.07, 6.45) is 1.26. The average Bonchev–Trinajstić information content (AvgIpc) is 1.83. The highest BCUT2D eigenvalue weighted by atomic mass is 35.5. The molecule has 0 atom stereocenters. The zero-order chi connectivity index (χ0) is 6.85. The molecule has 12 heavy (non-hydrogen) atoms. The van der Waals surface area contributed by atoms with Crippen molar-refractivity contribution < 1.29 is 0 Å². The summed E-state index contributed by atoms with van der Waals surface area (Å²) in [5.74, 6) is 0.449. The predicted molar refractivity (Wildman–Crippen MR) is 57.0 cm³/mol. The molecule has 0 aliphatic heterocycles. The van der Waals surface area contributed by atoms with Gasteiger partial charge in [-0.15, -0.1) is 37.2 Å². The van der Waals surface area contributed by atoms with E-state index < -0.39 is 0 Å². The second-order valence-corrected chi connectivity index (χ2v) is 1.56. The first kappa shape index (κ1) is 17.4. The first-order chi connectivity index (χ1) is 4.22. The fourth-order valence-electron chi connectivity index (χ4n) is 0.424. The number of nitrogens with zero attached hydrogens (tertiary/aromatic N) is 2. The summed E-state index contributed by atoms with van der Waals surface area (Å²) in [5, 5.41) is 0. The van der Waals surface area contributed by atoms with Crippen LogP contribution in [-0.4, -0.2) is 9.97 Å². The van der Waals surface area contributed by atoms with Gasteiger partial charge in [0.1, 0.15) is 12.0 Å².